The Morgan fingerprint density at radius 2 is 0.956 bits per heavy atom. The van der Waals surface area contributed by atoms with E-state index in [9.17, 15) is 38.5 Å². The van der Waals surface area contributed by atoms with Crippen LogP contribution in [0.25, 0.3) is 0 Å². The van der Waals surface area contributed by atoms with Gasteiger partial charge in [-0.05, 0) is 176 Å². The SMILES string of the molecule is CC(C)(C)OC(=O)Nc1ccc2c(c1)[C@]1(CCC2)Cc2nc(OC[C@@]34CCCN3C[C@H](F)C4)nc(N3CCN(C(=O)OCc4ccccc4)[C@@H](CC#N)C3)c2CO1.CC(C)(C)OC(=O)Nc1ccc2c(c1)[C@]1(CCC2)Cc2nc(OC[C@@]34CCCN3C[C@H](F)C4)nc(N3CCN(C(=O)OCc4ccccc4)[C@@H](CC#N)C3)c2CO1. The summed E-state index contributed by atoms with van der Waals surface area (Å²) in [7, 11) is 0. The van der Waals surface area contributed by atoms with Crippen molar-refractivity contribution in [1.29, 1.82) is 10.5 Å². The number of nitrogens with one attached hydrogen (secondary N) is 2. The van der Waals surface area contributed by atoms with Crippen molar-refractivity contribution in [2.24, 2.45) is 0 Å². The molecule has 6 saturated heterocycles. The van der Waals surface area contributed by atoms with Gasteiger partial charge >= 0.3 is 36.4 Å². The second-order valence-corrected chi connectivity index (χ2v) is 34.3. The molecular formula is C86H104F2N14O12. The standard InChI is InChI=1S/2C43H52FN7O6/c2*1-41(2,3)57-39(52)46-32-13-12-30-11-7-16-43(35(30)21-32)23-36-34(27-56-43)37(48-38(47-36)55-28-42-15-8-18-50(42)24-31(44)22-42)49-19-20-51(33(25-49)14-17-45)40(53)54-26-29-9-5-4-6-10-29/h2*4-6,9-10,12-13,21,31,33H,7-8,11,14-16,18-20,22-28H2,1-3H3,(H,46,52)/t2*31-,33+,42+,43+/m11/s1. The lowest BCUT2D eigenvalue weighted by Crippen LogP contribution is -2.56. The second-order valence-electron chi connectivity index (χ2n) is 34.3. The van der Waals surface area contributed by atoms with E-state index in [2.05, 4.69) is 42.4 Å². The number of piperazine rings is 2. The van der Waals surface area contributed by atoms with Crippen LogP contribution in [-0.4, -0.2) is 189 Å². The summed E-state index contributed by atoms with van der Waals surface area (Å²) < 4.78 is 78.7. The summed E-state index contributed by atoms with van der Waals surface area (Å²) >= 11 is 0. The summed E-state index contributed by atoms with van der Waals surface area (Å²) in [5.41, 5.74) is 7.18. The predicted octanol–water partition coefficient (Wildman–Crippen LogP) is 13.6. The second kappa shape index (κ2) is 33.1. The highest BCUT2D eigenvalue weighted by Gasteiger charge is 2.53. The van der Waals surface area contributed by atoms with Gasteiger partial charge in [0.1, 0.15) is 61.6 Å². The predicted molar refractivity (Wildman–Crippen MR) is 419 cm³/mol. The number of aromatic nitrogens is 4. The molecule has 8 aliphatic heterocycles. The molecular weight excluding hydrogens is 1460 g/mol. The zero-order valence-electron chi connectivity index (χ0n) is 66.2. The van der Waals surface area contributed by atoms with Crippen LogP contribution in [-0.2, 0) is 91.7 Å². The number of anilines is 4. The molecule has 2 aromatic heterocycles. The molecule has 0 radical (unpaired) electrons. The van der Waals surface area contributed by atoms with Gasteiger partial charge in [0.25, 0.3) is 0 Å². The third-order valence-corrected chi connectivity index (χ3v) is 24.1. The minimum atomic E-state index is -0.889. The van der Waals surface area contributed by atoms with E-state index in [-0.39, 0.29) is 75.6 Å². The largest absolute Gasteiger partial charge is 0.461 e. The summed E-state index contributed by atoms with van der Waals surface area (Å²) in [6, 6.07) is 35.0. The molecule has 0 bridgehead atoms. The molecule has 4 amide bonds. The zero-order valence-corrected chi connectivity index (χ0v) is 66.2. The minimum Gasteiger partial charge on any atom is -0.461 e. The number of alkyl halides is 2. The van der Waals surface area contributed by atoms with Crippen molar-refractivity contribution in [3.63, 3.8) is 0 Å². The molecule has 2 N–H and O–H groups in total. The first kappa shape index (κ1) is 79.2. The van der Waals surface area contributed by atoms with Crippen LogP contribution in [0.4, 0.5) is 51.0 Å². The molecule has 16 rings (SSSR count). The van der Waals surface area contributed by atoms with Crippen molar-refractivity contribution in [3.05, 3.63) is 153 Å². The fourth-order valence-corrected chi connectivity index (χ4v) is 18.8. The van der Waals surface area contributed by atoms with Crippen LogP contribution < -0.4 is 29.9 Å². The van der Waals surface area contributed by atoms with Crippen LogP contribution in [0.3, 0.4) is 0 Å². The van der Waals surface area contributed by atoms with Crippen molar-refractivity contribution >= 4 is 47.4 Å². The van der Waals surface area contributed by atoms with Gasteiger partial charge in [0.05, 0.1) is 83.9 Å². The topological polar surface area (TPSA) is 285 Å². The van der Waals surface area contributed by atoms with Gasteiger partial charge < -0.3 is 57.5 Å². The molecule has 6 fully saturated rings. The van der Waals surface area contributed by atoms with E-state index < -0.39 is 71.2 Å². The van der Waals surface area contributed by atoms with Crippen molar-refractivity contribution in [3.8, 4) is 24.2 Å². The Labute approximate surface area is 665 Å². The van der Waals surface area contributed by atoms with Gasteiger partial charge in [0.2, 0.25) is 0 Å². The number of ether oxygens (including phenoxy) is 8. The van der Waals surface area contributed by atoms with Crippen molar-refractivity contribution in [2.45, 2.75) is 229 Å². The average molecular weight is 1560 g/mol. The quantitative estimate of drug-likeness (QED) is 0.0851. The van der Waals surface area contributed by atoms with Crippen LogP contribution >= 0.6 is 0 Å². The molecule has 6 aromatic rings. The highest BCUT2D eigenvalue weighted by Crippen LogP contribution is 2.50. The van der Waals surface area contributed by atoms with Gasteiger partial charge in [-0.2, -0.15) is 30.5 Å². The number of carbonyl (C=O) groups excluding carboxylic acids is 4. The number of nitrogens with zero attached hydrogens (tertiary/aromatic N) is 12. The van der Waals surface area contributed by atoms with Crippen molar-refractivity contribution in [2.75, 3.05) is 99.1 Å². The molecule has 0 unspecified atom stereocenters. The number of hydrogen-bond donors (Lipinski definition) is 2. The Kier molecular flexibility index (Phi) is 23.0. The highest BCUT2D eigenvalue weighted by molar-refractivity contribution is 5.86. The Hall–Kier alpha value is -10.0. The fourth-order valence-electron chi connectivity index (χ4n) is 18.8. The van der Waals surface area contributed by atoms with E-state index in [1.165, 1.54) is 0 Å². The third-order valence-electron chi connectivity index (χ3n) is 24.1. The molecule has 0 saturated carbocycles. The van der Waals surface area contributed by atoms with Crippen LogP contribution in [0.1, 0.15) is 174 Å². The van der Waals surface area contributed by atoms with Gasteiger partial charge in [-0.25, -0.2) is 28.0 Å². The van der Waals surface area contributed by atoms with E-state index in [1.807, 2.05) is 139 Å². The summed E-state index contributed by atoms with van der Waals surface area (Å²) in [4.78, 5) is 84.3. The molecule has 604 valence electrons. The highest BCUT2D eigenvalue weighted by atomic mass is 19.1. The first-order valence-electron chi connectivity index (χ1n) is 40.4. The number of amides is 4. The van der Waals surface area contributed by atoms with Gasteiger partial charge in [-0.15, -0.1) is 0 Å². The molecule has 8 atom stereocenters. The lowest BCUT2D eigenvalue weighted by molar-refractivity contribution is -0.0857. The Bertz CT molecular complexity index is 4330. The Morgan fingerprint density at radius 3 is 1.36 bits per heavy atom. The van der Waals surface area contributed by atoms with Crippen molar-refractivity contribution in [1.82, 2.24) is 39.5 Å². The van der Waals surface area contributed by atoms with Gasteiger partial charge in [-0.3, -0.25) is 20.4 Å². The molecule has 114 heavy (non-hydrogen) atoms. The molecule has 28 heteroatoms. The van der Waals surface area contributed by atoms with Crippen LogP contribution in [0.15, 0.2) is 97.1 Å². The van der Waals surface area contributed by atoms with Crippen molar-refractivity contribution < 1.29 is 65.9 Å². The summed E-state index contributed by atoms with van der Waals surface area (Å²) in [6.07, 6.45) is 7.08. The fraction of sp³-hybridized carbons (Fsp3) is 0.558. The third kappa shape index (κ3) is 17.5. The number of aryl methyl sites for hydroxylation is 2. The smallest absolute Gasteiger partial charge is 0.412 e. The molecule has 2 aliphatic carbocycles. The van der Waals surface area contributed by atoms with E-state index in [0.29, 0.717) is 101 Å². The normalized spacial score (nSPS) is 25.6. The van der Waals surface area contributed by atoms with Gasteiger partial charge in [-0.1, -0.05) is 72.8 Å². The first-order chi connectivity index (χ1) is 54.8. The van der Waals surface area contributed by atoms with Crippen LogP contribution in [0, 0.1) is 22.7 Å². The monoisotopic (exact) mass is 1560 g/mol. The lowest BCUT2D eigenvalue weighted by Gasteiger charge is -2.44. The Morgan fingerprint density at radius 1 is 0.535 bits per heavy atom. The first-order valence-corrected chi connectivity index (χ1v) is 40.4. The molecule has 26 nitrogen and oxygen atoms in total. The number of carbonyl (C=O) groups is 4. The number of nitriles is 2. The summed E-state index contributed by atoms with van der Waals surface area (Å²) in [5, 5.41) is 25.5. The van der Waals surface area contributed by atoms with Crippen LogP contribution in [0.5, 0.6) is 12.0 Å². The molecule has 4 aromatic carbocycles. The summed E-state index contributed by atoms with van der Waals surface area (Å²) in [5.74, 6) is 1.30. The molecule has 10 aliphatic rings. The zero-order chi connectivity index (χ0) is 79.6. The number of hydrogen-bond acceptors (Lipinski definition) is 22. The maximum atomic E-state index is 14.7. The number of halogens is 2. The van der Waals surface area contributed by atoms with E-state index in [4.69, 9.17) is 57.8 Å². The maximum Gasteiger partial charge on any atom is 0.412 e. The average Bonchev–Trinajstić information content (AvgIpc) is 1.01. The van der Waals surface area contributed by atoms with E-state index in [1.54, 1.807) is 9.80 Å². The molecule has 2 spiro atoms. The number of benzene rings is 4. The number of rotatable bonds is 16. The Balaban J connectivity index is 0.000000180. The molecule has 10 heterocycles. The number of fused-ring (bicyclic) bond motifs is 8. The lowest BCUT2D eigenvalue weighted by atomic mass is 9.74. The van der Waals surface area contributed by atoms with Gasteiger partial charge in [0, 0.05) is 101 Å². The maximum absolute atomic E-state index is 14.7. The minimum absolute atomic E-state index is 0.117. The summed E-state index contributed by atoms with van der Waals surface area (Å²) in [6.45, 7) is 17.1. The van der Waals surface area contributed by atoms with E-state index in [0.717, 1.165) is 133 Å². The van der Waals surface area contributed by atoms with E-state index >= 15 is 0 Å². The van der Waals surface area contributed by atoms with Gasteiger partial charge in [0.15, 0.2) is 0 Å². The van der Waals surface area contributed by atoms with Crippen LogP contribution in [0.2, 0.25) is 0 Å².